The number of nitrogens with zero attached hydrogens (tertiary/aromatic N) is 5. The number of carbonyl (C=O) groups excluding carboxylic acids is 2. The van der Waals surface area contributed by atoms with E-state index in [9.17, 15) is 9.59 Å². The number of hydrogen-bond donors (Lipinski definition) is 1. The maximum absolute atomic E-state index is 12.3. The van der Waals surface area contributed by atoms with Crippen LogP contribution in [0.5, 0.6) is 5.75 Å². The lowest BCUT2D eigenvalue weighted by Gasteiger charge is -2.33. The van der Waals surface area contributed by atoms with Gasteiger partial charge < -0.3 is 19.7 Å². The molecule has 0 saturated carbocycles. The third kappa shape index (κ3) is 7.50. The summed E-state index contributed by atoms with van der Waals surface area (Å²) < 4.78 is 12.8. The summed E-state index contributed by atoms with van der Waals surface area (Å²) in [5, 5.41) is 8.23. The number of anilines is 2. The molecule has 0 aliphatic carbocycles. The molecule has 1 fully saturated rings. The largest absolute Gasteiger partial charge is 0.495 e. The highest BCUT2D eigenvalue weighted by Gasteiger charge is 2.28. The van der Waals surface area contributed by atoms with Crippen LogP contribution in [0, 0.1) is 0 Å². The average Bonchev–Trinajstić information content (AvgIpc) is 3.40. The molecule has 0 unspecified atom stereocenters. The quantitative estimate of drug-likeness (QED) is 0.311. The summed E-state index contributed by atoms with van der Waals surface area (Å²) in [7, 11) is 1.55. The summed E-state index contributed by atoms with van der Waals surface area (Å²) in [5.41, 5.74) is 2.69. The highest BCUT2D eigenvalue weighted by molar-refractivity contribution is 6.33. The molecule has 11 heteroatoms. The minimum absolute atomic E-state index is 0.0459. The Morgan fingerprint density at radius 1 is 1.10 bits per heavy atom. The summed E-state index contributed by atoms with van der Waals surface area (Å²) in [4.78, 5) is 35.2. The molecule has 2 aromatic heterocycles. The topological polar surface area (TPSA) is 111 Å². The molecular weight excluding hydrogens is 532 g/mol. The normalized spacial score (nSPS) is 14.2. The van der Waals surface area contributed by atoms with Gasteiger partial charge in [0.15, 0.2) is 5.78 Å². The van der Waals surface area contributed by atoms with Crippen LogP contribution in [-0.2, 0) is 17.6 Å². The molecule has 214 valence electrons. The van der Waals surface area contributed by atoms with Gasteiger partial charge in [-0.15, -0.1) is 0 Å². The number of rotatable bonds is 9. The van der Waals surface area contributed by atoms with E-state index >= 15 is 0 Å². The predicted octanol–water partition coefficient (Wildman–Crippen LogP) is 6.03. The van der Waals surface area contributed by atoms with Gasteiger partial charge in [-0.25, -0.2) is 14.8 Å². The van der Waals surface area contributed by atoms with E-state index < -0.39 is 5.60 Å². The van der Waals surface area contributed by atoms with Crippen LogP contribution >= 0.6 is 11.6 Å². The van der Waals surface area contributed by atoms with Gasteiger partial charge in [0.1, 0.15) is 11.4 Å². The number of ether oxygens (including phenoxy) is 2. The van der Waals surface area contributed by atoms with Crippen molar-refractivity contribution in [1.82, 2.24) is 24.6 Å². The molecule has 3 heterocycles. The summed E-state index contributed by atoms with van der Waals surface area (Å²) in [6.45, 7) is 8.71. The lowest BCUT2D eigenvalue weighted by molar-refractivity contribution is 0.0184. The minimum atomic E-state index is -0.500. The molecule has 4 rings (SSSR count). The van der Waals surface area contributed by atoms with Crippen molar-refractivity contribution in [2.75, 3.05) is 25.5 Å². The second-order valence-electron chi connectivity index (χ2n) is 10.9. The zero-order valence-corrected chi connectivity index (χ0v) is 24.5. The van der Waals surface area contributed by atoms with Gasteiger partial charge in [0.2, 0.25) is 5.95 Å². The Kier molecular flexibility index (Phi) is 9.29. The van der Waals surface area contributed by atoms with Crippen molar-refractivity contribution < 1.29 is 19.1 Å². The Morgan fingerprint density at radius 2 is 1.80 bits per heavy atom. The zero-order chi connectivity index (χ0) is 28.9. The number of halogens is 1. The highest BCUT2D eigenvalue weighted by Crippen LogP contribution is 2.31. The van der Waals surface area contributed by atoms with Crippen LogP contribution in [-0.4, -0.2) is 62.3 Å². The Morgan fingerprint density at radius 3 is 2.42 bits per heavy atom. The summed E-state index contributed by atoms with van der Waals surface area (Å²) in [6.07, 6.45) is 10.3. The first-order chi connectivity index (χ1) is 19.1. The van der Waals surface area contributed by atoms with Gasteiger partial charge in [0, 0.05) is 43.7 Å². The number of likely N-dealkylation sites (tertiary alicyclic amines) is 1. The molecular formula is C29H37ClN6O4. The molecule has 1 N–H and O–H groups in total. The van der Waals surface area contributed by atoms with Crippen molar-refractivity contribution in [1.29, 1.82) is 0 Å². The van der Waals surface area contributed by atoms with Crippen molar-refractivity contribution in [2.45, 2.75) is 71.4 Å². The molecule has 1 saturated heterocycles. The Labute approximate surface area is 240 Å². The molecule has 0 spiro atoms. The third-order valence-electron chi connectivity index (χ3n) is 6.71. The maximum Gasteiger partial charge on any atom is 0.410 e. The summed E-state index contributed by atoms with van der Waals surface area (Å²) >= 11 is 6.50. The lowest BCUT2D eigenvalue weighted by Crippen LogP contribution is -2.42. The van der Waals surface area contributed by atoms with E-state index in [1.807, 2.05) is 44.6 Å². The second kappa shape index (κ2) is 12.7. The summed E-state index contributed by atoms with van der Waals surface area (Å²) in [5.74, 6) is 1.02. The average molecular weight is 569 g/mol. The number of carbonyl (C=O) groups is 2. The van der Waals surface area contributed by atoms with Crippen molar-refractivity contribution >= 4 is 35.1 Å². The van der Waals surface area contributed by atoms with Crippen molar-refractivity contribution in [3.05, 3.63) is 58.6 Å². The number of amides is 1. The molecule has 0 bridgehead atoms. The van der Waals surface area contributed by atoms with Crippen molar-refractivity contribution in [3.63, 3.8) is 0 Å². The molecule has 1 aliphatic heterocycles. The maximum atomic E-state index is 12.3. The first kappa shape index (κ1) is 29.3. The van der Waals surface area contributed by atoms with E-state index in [0.717, 1.165) is 29.7 Å². The first-order valence-corrected chi connectivity index (χ1v) is 13.9. The van der Waals surface area contributed by atoms with E-state index in [2.05, 4.69) is 20.4 Å². The van der Waals surface area contributed by atoms with Crippen molar-refractivity contribution in [3.8, 4) is 5.75 Å². The number of ketones is 1. The minimum Gasteiger partial charge on any atom is -0.495 e. The van der Waals surface area contributed by atoms with E-state index in [0.29, 0.717) is 54.6 Å². The standard InChI is InChI=1S/C29H37ClN6O4/c1-6-24(37)21-13-20(26(30)25(14-21)39-5)8-7-19-15-31-27(32-16-19)34-22-17-33-36(18-22)23-9-11-35(12-10-23)28(38)40-29(2,3)4/h13-18,23H,6-12H2,1-5H3,(H,31,32,34). The molecule has 1 aromatic carbocycles. The molecule has 10 nitrogen and oxygen atoms in total. The van der Waals surface area contributed by atoms with E-state index in [1.165, 1.54) is 0 Å². The van der Waals surface area contributed by atoms with Gasteiger partial charge in [-0.1, -0.05) is 18.5 Å². The van der Waals surface area contributed by atoms with Gasteiger partial charge >= 0.3 is 6.09 Å². The van der Waals surface area contributed by atoms with Crippen LogP contribution in [0.15, 0.2) is 36.9 Å². The van der Waals surface area contributed by atoms with Crippen LogP contribution in [0.25, 0.3) is 0 Å². The number of benzene rings is 1. The molecule has 40 heavy (non-hydrogen) atoms. The van der Waals surface area contributed by atoms with E-state index in [4.69, 9.17) is 21.1 Å². The number of Topliss-reactive ketones (excluding diaryl/α,β-unsaturated/α-hetero) is 1. The number of aryl methyl sites for hydroxylation is 2. The van der Waals surface area contributed by atoms with E-state index in [-0.39, 0.29) is 17.9 Å². The SMILES string of the molecule is CCC(=O)c1cc(CCc2cnc(Nc3cnn(C4CCN(C(=O)OC(C)(C)C)CC4)c3)nc2)c(Cl)c(OC)c1. The fraction of sp³-hybridized carbons (Fsp3) is 0.483. The predicted molar refractivity (Wildman–Crippen MR) is 154 cm³/mol. The Balaban J connectivity index is 1.31. The first-order valence-electron chi connectivity index (χ1n) is 13.6. The van der Waals surface area contributed by atoms with Crippen LogP contribution < -0.4 is 10.1 Å². The van der Waals surface area contributed by atoms with Gasteiger partial charge in [-0.2, -0.15) is 5.10 Å². The number of aromatic nitrogens is 4. The van der Waals surface area contributed by atoms with Gasteiger partial charge in [-0.05, 0) is 69.7 Å². The summed E-state index contributed by atoms with van der Waals surface area (Å²) in [6, 6.07) is 3.73. The molecule has 0 radical (unpaired) electrons. The highest BCUT2D eigenvalue weighted by atomic mass is 35.5. The smallest absolute Gasteiger partial charge is 0.410 e. The van der Waals surface area contributed by atoms with Crippen molar-refractivity contribution in [2.24, 2.45) is 0 Å². The van der Waals surface area contributed by atoms with Gasteiger partial charge in [-0.3, -0.25) is 9.48 Å². The third-order valence-corrected chi connectivity index (χ3v) is 7.14. The van der Waals surface area contributed by atoms with Crippen LogP contribution in [0.2, 0.25) is 5.02 Å². The van der Waals surface area contributed by atoms with Crippen LogP contribution in [0.1, 0.15) is 74.5 Å². The fourth-order valence-electron chi connectivity index (χ4n) is 4.55. The Hall–Kier alpha value is -3.66. The molecule has 1 amide bonds. The lowest BCUT2D eigenvalue weighted by atomic mass is 10.0. The van der Waals surface area contributed by atoms with Gasteiger partial charge in [0.25, 0.3) is 0 Å². The zero-order valence-electron chi connectivity index (χ0n) is 23.7. The number of nitrogens with one attached hydrogen (secondary N) is 1. The van der Waals surface area contributed by atoms with Crippen LogP contribution in [0.4, 0.5) is 16.4 Å². The molecule has 1 aliphatic rings. The van der Waals surface area contributed by atoms with Crippen LogP contribution in [0.3, 0.4) is 0 Å². The monoisotopic (exact) mass is 568 g/mol. The Bertz CT molecular complexity index is 1330. The molecule has 3 aromatic rings. The number of hydrogen-bond acceptors (Lipinski definition) is 8. The van der Waals surface area contributed by atoms with Gasteiger partial charge in [0.05, 0.1) is 30.1 Å². The molecule has 0 atom stereocenters. The number of methoxy groups -OCH3 is 1. The second-order valence-corrected chi connectivity index (χ2v) is 11.3. The van der Waals surface area contributed by atoms with E-state index in [1.54, 1.807) is 36.7 Å². The number of piperidine rings is 1. The fourth-order valence-corrected chi connectivity index (χ4v) is 4.83.